The van der Waals surface area contributed by atoms with Gasteiger partial charge in [-0.1, -0.05) is 13.3 Å². The molecule has 1 amide bonds. The van der Waals surface area contributed by atoms with E-state index in [1.54, 1.807) is 0 Å². The monoisotopic (exact) mass is 650 g/mol. The number of hydrogen-bond donors (Lipinski definition) is 5. The smallest absolute Gasteiger partial charge is 0.227 e. The maximum Gasteiger partial charge on any atom is 0.227 e. The second-order valence-corrected chi connectivity index (χ2v) is 12.6. The van der Waals surface area contributed by atoms with Gasteiger partial charge in [-0.15, -0.1) is 0 Å². The van der Waals surface area contributed by atoms with Crippen LogP contribution in [0.1, 0.15) is 63.0 Å². The summed E-state index contributed by atoms with van der Waals surface area (Å²) in [5.74, 6) is -0.454. The minimum absolute atomic E-state index is 0.100. The van der Waals surface area contributed by atoms with Gasteiger partial charge < -0.3 is 40.1 Å². The van der Waals surface area contributed by atoms with Crippen molar-refractivity contribution in [2.75, 3.05) is 44.3 Å². The fourth-order valence-corrected chi connectivity index (χ4v) is 6.08. The molecule has 0 saturated carbocycles. The zero-order chi connectivity index (χ0) is 33.2. The van der Waals surface area contributed by atoms with Gasteiger partial charge in [-0.3, -0.25) is 4.79 Å². The van der Waals surface area contributed by atoms with E-state index < -0.39 is 49.1 Å². The van der Waals surface area contributed by atoms with Gasteiger partial charge in [0.1, 0.15) is 35.7 Å². The van der Waals surface area contributed by atoms with Crippen LogP contribution in [0, 0.1) is 23.5 Å². The molecule has 46 heavy (non-hydrogen) atoms. The Hall–Kier alpha value is -2.97. The van der Waals surface area contributed by atoms with Gasteiger partial charge in [-0.25, -0.2) is 18.7 Å². The lowest BCUT2D eigenvalue weighted by Crippen LogP contribution is -2.50. The number of piperidine rings is 1. The Morgan fingerprint density at radius 3 is 2.17 bits per heavy atom. The summed E-state index contributed by atoms with van der Waals surface area (Å²) in [6.07, 6.45) is 3.26. The summed E-state index contributed by atoms with van der Waals surface area (Å²) in [6, 6.07) is 2.26. The molecule has 0 bridgehead atoms. The number of benzene rings is 1. The van der Waals surface area contributed by atoms with E-state index >= 15 is 0 Å². The standard InChI is InChI=1S/C33H48F2N4O7/c1-2-21-16-36-33(37-17-21)38-10-8-22(9-11-38)6-4-12-46-24-13-26(34)25(27(35)14-24)15-30(43)39-18-23(19-39)5-3-7-28(41)31(44)32(45)29(42)20-40/h13-14,16-17,22-23,28-29,31-32,40-42,44-45H,2-12,15,18-20H2,1H3/t28-,29+,31+,32+/m0/s1. The van der Waals surface area contributed by atoms with Crippen molar-refractivity contribution in [3.8, 4) is 5.75 Å². The molecule has 5 N–H and O–H groups in total. The van der Waals surface area contributed by atoms with Gasteiger partial charge in [0.25, 0.3) is 0 Å². The first kappa shape index (κ1) is 35.9. The van der Waals surface area contributed by atoms with Crippen LogP contribution < -0.4 is 9.64 Å². The summed E-state index contributed by atoms with van der Waals surface area (Å²) in [5.41, 5.74) is 0.827. The number of aryl methyl sites for hydroxylation is 1. The first-order chi connectivity index (χ1) is 22.1. The van der Waals surface area contributed by atoms with Gasteiger partial charge in [0, 0.05) is 56.3 Å². The average molecular weight is 651 g/mol. The second-order valence-electron chi connectivity index (χ2n) is 12.6. The molecular weight excluding hydrogens is 602 g/mol. The molecule has 1 aromatic heterocycles. The molecule has 256 valence electrons. The van der Waals surface area contributed by atoms with E-state index in [1.165, 1.54) is 4.90 Å². The van der Waals surface area contributed by atoms with Crippen molar-refractivity contribution in [3.05, 3.63) is 47.3 Å². The Balaban J connectivity index is 1.11. The molecule has 3 heterocycles. The Morgan fingerprint density at radius 1 is 0.957 bits per heavy atom. The second kappa shape index (κ2) is 17.3. The summed E-state index contributed by atoms with van der Waals surface area (Å²) in [6.45, 7) is 4.31. The molecule has 2 fully saturated rings. The third kappa shape index (κ3) is 9.77. The van der Waals surface area contributed by atoms with Crippen LogP contribution in [0.25, 0.3) is 0 Å². The summed E-state index contributed by atoms with van der Waals surface area (Å²) >= 11 is 0. The number of aromatic nitrogens is 2. The lowest BCUT2D eigenvalue weighted by atomic mass is 9.91. The van der Waals surface area contributed by atoms with E-state index in [2.05, 4.69) is 21.8 Å². The third-order valence-corrected chi connectivity index (χ3v) is 9.21. The van der Waals surface area contributed by atoms with E-state index in [9.17, 15) is 34.0 Å². The lowest BCUT2D eigenvalue weighted by Gasteiger charge is -2.39. The van der Waals surface area contributed by atoms with Gasteiger partial charge in [0.2, 0.25) is 11.9 Å². The molecule has 2 saturated heterocycles. The minimum Gasteiger partial charge on any atom is -0.493 e. The van der Waals surface area contributed by atoms with Crippen LogP contribution in [0.2, 0.25) is 0 Å². The molecule has 4 atom stereocenters. The number of anilines is 1. The highest BCUT2D eigenvalue weighted by Gasteiger charge is 2.33. The van der Waals surface area contributed by atoms with Crippen molar-refractivity contribution in [1.29, 1.82) is 0 Å². The minimum atomic E-state index is -1.66. The summed E-state index contributed by atoms with van der Waals surface area (Å²) in [4.78, 5) is 25.3. The highest BCUT2D eigenvalue weighted by molar-refractivity contribution is 5.79. The van der Waals surface area contributed by atoms with Crippen LogP contribution >= 0.6 is 0 Å². The van der Waals surface area contributed by atoms with Crippen molar-refractivity contribution in [2.45, 2.75) is 89.1 Å². The molecule has 0 spiro atoms. The van der Waals surface area contributed by atoms with E-state index in [1.807, 2.05) is 12.4 Å². The van der Waals surface area contributed by atoms with Crippen LogP contribution in [-0.4, -0.2) is 110 Å². The van der Waals surface area contributed by atoms with Crippen LogP contribution in [-0.2, 0) is 17.6 Å². The number of carbonyl (C=O) groups is 1. The Labute approximate surface area is 268 Å². The summed E-state index contributed by atoms with van der Waals surface area (Å²) < 4.78 is 35.2. The van der Waals surface area contributed by atoms with Gasteiger partial charge in [-0.2, -0.15) is 0 Å². The predicted octanol–water partition coefficient (Wildman–Crippen LogP) is 2.00. The number of amides is 1. The molecule has 0 aliphatic carbocycles. The highest BCUT2D eigenvalue weighted by Crippen LogP contribution is 2.27. The van der Waals surface area contributed by atoms with Crippen LogP contribution in [0.5, 0.6) is 5.75 Å². The molecule has 0 radical (unpaired) electrons. The zero-order valence-electron chi connectivity index (χ0n) is 26.5. The van der Waals surface area contributed by atoms with E-state index in [0.29, 0.717) is 38.5 Å². The normalized spacial score (nSPS) is 18.6. The van der Waals surface area contributed by atoms with Crippen LogP contribution in [0.3, 0.4) is 0 Å². The molecule has 2 aliphatic heterocycles. The number of ether oxygens (including phenoxy) is 1. The SMILES string of the molecule is CCc1cnc(N2CCC(CCCOc3cc(F)c(CC(=O)N4CC(CCC[C@H](O)[C@@H](O)[C@H](O)[C@H](O)CO)C4)c(F)c3)CC2)nc1. The Kier molecular flexibility index (Phi) is 13.5. The number of halogens is 2. The zero-order valence-corrected chi connectivity index (χ0v) is 26.5. The van der Waals surface area contributed by atoms with Gasteiger partial charge in [0.15, 0.2) is 0 Å². The van der Waals surface area contributed by atoms with Crippen molar-refractivity contribution >= 4 is 11.9 Å². The molecule has 2 aromatic rings. The maximum atomic E-state index is 14.8. The van der Waals surface area contributed by atoms with Crippen molar-refractivity contribution in [3.63, 3.8) is 0 Å². The molecule has 2 aliphatic rings. The van der Waals surface area contributed by atoms with Crippen molar-refractivity contribution in [2.24, 2.45) is 11.8 Å². The molecule has 11 nitrogen and oxygen atoms in total. The largest absolute Gasteiger partial charge is 0.493 e. The van der Waals surface area contributed by atoms with E-state index in [0.717, 1.165) is 68.8 Å². The molecule has 4 rings (SSSR count). The van der Waals surface area contributed by atoms with E-state index in [-0.39, 0.29) is 29.6 Å². The number of aliphatic hydroxyl groups is 5. The fourth-order valence-electron chi connectivity index (χ4n) is 6.08. The van der Waals surface area contributed by atoms with Gasteiger partial charge in [-0.05, 0) is 62.3 Å². The number of rotatable bonds is 17. The van der Waals surface area contributed by atoms with Crippen molar-refractivity contribution in [1.82, 2.24) is 14.9 Å². The topological polar surface area (TPSA) is 160 Å². The number of nitrogens with zero attached hydrogens (tertiary/aromatic N) is 4. The summed E-state index contributed by atoms with van der Waals surface area (Å²) in [7, 11) is 0. The first-order valence-corrected chi connectivity index (χ1v) is 16.4. The van der Waals surface area contributed by atoms with Crippen molar-refractivity contribution < 1.29 is 43.8 Å². The van der Waals surface area contributed by atoms with Crippen LogP contribution in [0.15, 0.2) is 24.5 Å². The predicted molar refractivity (Wildman–Crippen MR) is 166 cm³/mol. The third-order valence-electron chi connectivity index (χ3n) is 9.21. The number of likely N-dealkylation sites (tertiary alicyclic amines) is 1. The van der Waals surface area contributed by atoms with Gasteiger partial charge >= 0.3 is 0 Å². The number of aliphatic hydroxyl groups excluding tert-OH is 5. The van der Waals surface area contributed by atoms with Gasteiger partial charge in [0.05, 0.1) is 25.7 Å². The highest BCUT2D eigenvalue weighted by atomic mass is 19.1. The van der Waals surface area contributed by atoms with Crippen LogP contribution in [0.4, 0.5) is 14.7 Å². The summed E-state index contributed by atoms with van der Waals surface area (Å²) in [5, 5.41) is 47.9. The fraction of sp³-hybridized carbons (Fsp3) is 0.667. The lowest BCUT2D eigenvalue weighted by molar-refractivity contribution is -0.137. The number of hydrogen-bond acceptors (Lipinski definition) is 10. The molecular formula is C33H48F2N4O7. The average Bonchev–Trinajstić information content (AvgIpc) is 3.04. The molecule has 0 unspecified atom stereocenters. The number of carbonyl (C=O) groups excluding carboxylic acids is 1. The van der Waals surface area contributed by atoms with E-state index in [4.69, 9.17) is 9.84 Å². The Morgan fingerprint density at radius 2 is 1.57 bits per heavy atom. The molecule has 1 aromatic carbocycles. The quantitative estimate of drug-likeness (QED) is 0.160. The first-order valence-electron chi connectivity index (χ1n) is 16.4. The molecule has 13 heteroatoms. The Bertz CT molecular complexity index is 1220. The maximum absolute atomic E-state index is 14.8.